The second-order valence-electron chi connectivity index (χ2n) is 6.49. The summed E-state index contributed by atoms with van der Waals surface area (Å²) in [7, 11) is -3.94. The quantitative estimate of drug-likeness (QED) is 0.543. The van der Waals surface area contributed by atoms with Gasteiger partial charge in [-0.1, -0.05) is 54.6 Å². The molecule has 0 spiro atoms. The molecule has 6 nitrogen and oxygen atoms in total. The highest BCUT2D eigenvalue weighted by atomic mass is 32.2. The van der Waals surface area contributed by atoms with E-state index in [0.717, 1.165) is 16.7 Å². The fraction of sp³-hybridized carbons (Fsp3) is 0.0870. The molecule has 3 aromatic rings. The van der Waals surface area contributed by atoms with E-state index in [0.29, 0.717) is 18.9 Å². The number of nitrogens with one attached hydrogen (secondary N) is 1. The van der Waals surface area contributed by atoms with Gasteiger partial charge >= 0.3 is 0 Å². The molecule has 0 aliphatic rings. The summed E-state index contributed by atoms with van der Waals surface area (Å²) in [5.41, 5.74) is 8.11. The Morgan fingerprint density at radius 2 is 1.57 bits per heavy atom. The number of amides is 1. The van der Waals surface area contributed by atoms with E-state index < -0.39 is 15.9 Å². The van der Waals surface area contributed by atoms with Crippen LogP contribution in [0.25, 0.3) is 6.08 Å². The van der Waals surface area contributed by atoms with Crippen LogP contribution < -0.4 is 15.2 Å². The summed E-state index contributed by atoms with van der Waals surface area (Å²) in [6, 6.07) is 23.0. The summed E-state index contributed by atoms with van der Waals surface area (Å²) in [6.45, 7) is 0.772. The maximum atomic E-state index is 12.3. The maximum Gasteiger partial charge on any atom is 0.264 e. The van der Waals surface area contributed by atoms with E-state index in [2.05, 4.69) is 0 Å². The van der Waals surface area contributed by atoms with Crippen LogP contribution >= 0.6 is 0 Å². The highest BCUT2D eigenvalue weighted by Gasteiger charge is 2.15. The third-order valence-corrected chi connectivity index (χ3v) is 5.62. The molecule has 0 heterocycles. The highest BCUT2D eigenvalue weighted by molar-refractivity contribution is 7.90. The Morgan fingerprint density at radius 1 is 0.900 bits per heavy atom. The maximum absolute atomic E-state index is 12.3. The van der Waals surface area contributed by atoms with Gasteiger partial charge in [0.25, 0.3) is 15.9 Å². The molecule has 0 saturated heterocycles. The highest BCUT2D eigenvalue weighted by Crippen LogP contribution is 2.15. The van der Waals surface area contributed by atoms with Gasteiger partial charge in [-0.15, -0.1) is 0 Å². The first-order valence-corrected chi connectivity index (χ1v) is 10.8. The van der Waals surface area contributed by atoms with Crippen molar-refractivity contribution >= 4 is 22.0 Å². The molecular formula is C23H22N2O4S. The number of carbonyl (C=O) groups is 1. The van der Waals surface area contributed by atoms with Crippen molar-refractivity contribution in [2.75, 3.05) is 0 Å². The van der Waals surface area contributed by atoms with Crippen LogP contribution in [0.4, 0.5) is 0 Å². The first-order valence-electron chi connectivity index (χ1n) is 9.27. The van der Waals surface area contributed by atoms with Gasteiger partial charge in [0.2, 0.25) is 0 Å². The largest absolute Gasteiger partial charge is 0.489 e. The smallest absolute Gasteiger partial charge is 0.264 e. The third kappa shape index (κ3) is 6.04. The number of nitrogens with two attached hydrogens (primary N) is 1. The molecule has 3 aromatic carbocycles. The van der Waals surface area contributed by atoms with Gasteiger partial charge in [0.15, 0.2) is 0 Å². The first kappa shape index (κ1) is 21.3. The van der Waals surface area contributed by atoms with E-state index in [9.17, 15) is 13.2 Å². The molecule has 0 radical (unpaired) electrons. The molecule has 0 aromatic heterocycles. The molecule has 0 fully saturated rings. The molecule has 0 saturated carbocycles. The zero-order valence-corrected chi connectivity index (χ0v) is 17.0. The predicted octanol–water partition coefficient (Wildman–Crippen LogP) is 3.24. The Hall–Kier alpha value is -3.42. The SMILES string of the molecule is NCc1ccc(S(=O)(=O)NC(=O)/C=C/c2ccc(OCc3ccccc3)cc2)cc1. The van der Waals surface area contributed by atoms with Crippen LogP contribution in [0.2, 0.25) is 0 Å². The number of hydrogen-bond donors (Lipinski definition) is 2. The topological polar surface area (TPSA) is 98.5 Å². The lowest BCUT2D eigenvalue weighted by atomic mass is 10.2. The normalized spacial score (nSPS) is 11.4. The van der Waals surface area contributed by atoms with Gasteiger partial charge in [0.05, 0.1) is 4.90 Å². The molecule has 3 N–H and O–H groups in total. The van der Waals surface area contributed by atoms with Crippen LogP contribution in [0, 0.1) is 0 Å². The van der Waals surface area contributed by atoms with Crippen LogP contribution in [-0.4, -0.2) is 14.3 Å². The lowest BCUT2D eigenvalue weighted by molar-refractivity contribution is -0.114. The Kier molecular flexibility index (Phi) is 7.00. The number of hydrogen-bond acceptors (Lipinski definition) is 5. The van der Waals surface area contributed by atoms with Crippen LogP contribution in [0.3, 0.4) is 0 Å². The Labute approximate surface area is 176 Å². The lowest BCUT2D eigenvalue weighted by Gasteiger charge is -2.07. The van der Waals surface area contributed by atoms with Crippen molar-refractivity contribution in [2.24, 2.45) is 5.73 Å². The van der Waals surface area contributed by atoms with Crippen molar-refractivity contribution in [1.82, 2.24) is 4.72 Å². The Morgan fingerprint density at radius 3 is 2.20 bits per heavy atom. The molecule has 30 heavy (non-hydrogen) atoms. The number of sulfonamides is 1. The molecule has 0 aliphatic heterocycles. The van der Waals surface area contributed by atoms with Gasteiger partial charge in [0, 0.05) is 12.6 Å². The van der Waals surface area contributed by atoms with Crippen LogP contribution in [-0.2, 0) is 28.0 Å². The molecule has 7 heteroatoms. The van der Waals surface area contributed by atoms with Gasteiger partial charge in [-0.25, -0.2) is 13.1 Å². The lowest BCUT2D eigenvalue weighted by Crippen LogP contribution is -2.28. The van der Waals surface area contributed by atoms with Crippen molar-refractivity contribution in [1.29, 1.82) is 0 Å². The second kappa shape index (κ2) is 9.87. The second-order valence-corrected chi connectivity index (χ2v) is 8.18. The fourth-order valence-electron chi connectivity index (χ4n) is 2.62. The van der Waals surface area contributed by atoms with Crippen LogP contribution in [0.1, 0.15) is 16.7 Å². The van der Waals surface area contributed by atoms with Gasteiger partial charge in [0.1, 0.15) is 12.4 Å². The minimum atomic E-state index is -3.94. The molecule has 0 bridgehead atoms. The van der Waals surface area contributed by atoms with E-state index in [4.69, 9.17) is 10.5 Å². The zero-order chi connectivity index (χ0) is 21.4. The number of ether oxygens (including phenoxy) is 1. The number of rotatable bonds is 8. The van der Waals surface area contributed by atoms with Crippen molar-refractivity contribution in [2.45, 2.75) is 18.0 Å². The molecule has 154 valence electrons. The summed E-state index contributed by atoms with van der Waals surface area (Å²) < 4.78 is 32.3. The van der Waals surface area contributed by atoms with Gasteiger partial charge in [-0.2, -0.15) is 0 Å². The summed E-state index contributed by atoms with van der Waals surface area (Å²) in [5, 5.41) is 0. The summed E-state index contributed by atoms with van der Waals surface area (Å²) in [4.78, 5) is 12.0. The monoisotopic (exact) mass is 422 g/mol. The average Bonchev–Trinajstić information content (AvgIpc) is 2.77. The minimum Gasteiger partial charge on any atom is -0.489 e. The van der Waals surface area contributed by atoms with Crippen molar-refractivity contribution in [3.63, 3.8) is 0 Å². The fourth-order valence-corrected chi connectivity index (χ4v) is 3.56. The van der Waals surface area contributed by atoms with Crippen molar-refractivity contribution < 1.29 is 17.9 Å². The molecule has 1 amide bonds. The molecule has 3 rings (SSSR count). The standard InChI is InChI=1S/C23H22N2O4S/c24-16-19-8-13-22(14-9-19)30(27,28)25-23(26)15-10-18-6-11-21(12-7-18)29-17-20-4-2-1-3-5-20/h1-15H,16-17,24H2,(H,25,26)/b15-10+. The van der Waals surface area contributed by atoms with E-state index in [1.165, 1.54) is 24.3 Å². The molecule has 0 unspecified atom stereocenters. The molecular weight excluding hydrogens is 400 g/mol. The average molecular weight is 423 g/mol. The van der Waals surface area contributed by atoms with Gasteiger partial charge < -0.3 is 10.5 Å². The molecule has 0 aliphatic carbocycles. The minimum absolute atomic E-state index is 0.00127. The molecule has 0 atom stereocenters. The van der Waals surface area contributed by atoms with Crippen LogP contribution in [0.5, 0.6) is 5.75 Å². The van der Waals surface area contributed by atoms with E-state index >= 15 is 0 Å². The summed E-state index contributed by atoms with van der Waals surface area (Å²) in [6.07, 6.45) is 2.70. The Balaban J connectivity index is 1.56. The number of benzene rings is 3. The van der Waals surface area contributed by atoms with Gasteiger partial charge in [-0.3, -0.25) is 4.79 Å². The zero-order valence-electron chi connectivity index (χ0n) is 16.2. The van der Waals surface area contributed by atoms with Gasteiger partial charge in [-0.05, 0) is 47.0 Å². The van der Waals surface area contributed by atoms with Crippen LogP contribution in [0.15, 0.2) is 89.8 Å². The first-order chi connectivity index (χ1) is 14.5. The van der Waals surface area contributed by atoms with Crippen molar-refractivity contribution in [3.05, 3.63) is 102 Å². The third-order valence-electron chi connectivity index (χ3n) is 4.26. The predicted molar refractivity (Wildman–Crippen MR) is 116 cm³/mol. The summed E-state index contributed by atoms with van der Waals surface area (Å²) >= 11 is 0. The van der Waals surface area contributed by atoms with E-state index in [-0.39, 0.29) is 4.90 Å². The summed E-state index contributed by atoms with van der Waals surface area (Å²) in [5.74, 6) is -0.0359. The number of carbonyl (C=O) groups excluding carboxylic acids is 1. The van der Waals surface area contributed by atoms with E-state index in [1.54, 1.807) is 36.4 Å². The Bertz CT molecular complexity index is 1110. The van der Waals surface area contributed by atoms with Crippen molar-refractivity contribution in [3.8, 4) is 5.75 Å². The van der Waals surface area contributed by atoms with E-state index in [1.807, 2.05) is 35.1 Å².